The predicted molar refractivity (Wildman–Crippen MR) is 49.7 cm³/mol. The lowest BCUT2D eigenvalue weighted by Gasteiger charge is -2.02. The molecular formula is C11H12FN. The van der Waals surface area contributed by atoms with Gasteiger partial charge in [-0.3, -0.25) is 0 Å². The van der Waals surface area contributed by atoms with E-state index in [4.69, 9.17) is 5.26 Å². The number of nitriles is 1. The number of hydrogen-bond donors (Lipinski definition) is 0. The van der Waals surface area contributed by atoms with E-state index in [1.54, 1.807) is 6.07 Å². The van der Waals surface area contributed by atoms with E-state index in [1.807, 2.05) is 12.1 Å². The van der Waals surface area contributed by atoms with Gasteiger partial charge in [-0.25, -0.2) is 4.39 Å². The molecule has 0 heterocycles. The summed E-state index contributed by atoms with van der Waals surface area (Å²) in [6.45, 7) is 2.07. The molecule has 13 heavy (non-hydrogen) atoms. The zero-order valence-corrected chi connectivity index (χ0v) is 7.68. The van der Waals surface area contributed by atoms with Crippen LogP contribution in [0.25, 0.3) is 0 Å². The molecule has 0 atom stereocenters. The van der Waals surface area contributed by atoms with Crippen LogP contribution in [0.3, 0.4) is 0 Å². The number of benzene rings is 1. The van der Waals surface area contributed by atoms with Gasteiger partial charge in [0, 0.05) is 0 Å². The van der Waals surface area contributed by atoms with Gasteiger partial charge >= 0.3 is 0 Å². The van der Waals surface area contributed by atoms with Crippen LogP contribution in [0.2, 0.25) is 0 Å². The third-order valence-corrected chi connectivity index (χ3v) is 2.01. The summed E-state index contributed by atoms with van der Waals surface area (Å²) in [6, 6.07) is 6.70. The maximum atomic E-state index is 13.1. The molecule has 0 bridgehead atoms. The molecule has 0 amide bonds. The highest BCUT2D eigenvalue weighted by molar-refractivity contribution is 5.38. The largest absolute Gasteiger partial charge is 0.206 e. The Morgan fingerprint density at radius 1 is 1.46 bits per heavy atom. The summed E-state index contributed by atoms with van der Waals surface area (Å²) < 4.78 is 13.1. The molecule has 0 unspecified atom stereocenters. The lowest BCUT2D eigenvalue weighted by atomic mass is 10.0. The first-order chi connectivity index (χ1) is 6.29. The lowest BCUT2D eigenvalue weighted by Crippen LogP contribution is -1.93. The smallest absolute Gasteiger partial charge is 0.141 e. The quantitative estimate of drug-likeness (QED) is 0.696. The van der Waals surface area contributed by atoms with E-state index in [-0.39, 0.29) is 5.56 Å². The van der Waals surface area contributed by atoms with Gasteiger partial charge in [-0.1, -0.05) is 25.5 Å². The Morgan fingerprint density at radius 2 is 2.23 bits per heavy atom. The van der Waals surface area contributed by atoms with Gasteiger partial charge in [0.15, 0.2) is 0 Å². The minimum Gasteiger partial charge on any atom is -0.206 e. The Hall–Kier alpha value is -1.36. The van der Waals surface area contributed by atoms with Crippen LogP contribution in [0.15, 0.2) is 18.2 Å². The van der Waals surface area contributed by atoms with Gasteiger partial charge < -0.3 is 0 Å². The van der Waals surface area contributed by atoms with E-state index in [0.29, 0.717) is 0 Å². The van der Waals surface area contributed by atoms with Gasteiger partial charge in [-0.05, 0) is 24.5 Å². The number of aryl methyl sites for hydroxylation is 1. The Morgan fingerprint density at radius 3 is 2.85 bits per heavy atom. The van der Waals surface area contributed by atoms with Crippen molar-refractivity contribution < 1.29 is 4.39 Å². The van der Waals surface area contributed by atoms with Crippen molar-refractivity contribution >= 4 is 0 Å². The van der Waals surface area contributed by atoms with Crippen molar-refractivity contribution in [2.24, 2.45) is 0 Å². The summed E-state index contributed by atoms with van der Waals surface area (Å²) in [5, 5.41) is 8.71. The molecule has 68 valence electrons. The fourth-order valence-corrected chi connectivity index (χ4v) is 1.27. The molecule has 2 heteroatoms. The van der Waals surface area contributed by atoms with Gasteiger partial charge in [0.25, 0.3) is 0 Å². The van der Waals surface area contributed by atoms with E-state index < -0.39 is 5.82 Å². The van der Waals surface area contributed by atoms with E-state index in [2.05, 4.69) is 6.92 Å². The normalized spacial score (nSPS) is 9.62. The molecule has 0 aliphatic carbocycles. The summed E-state index contributed by atoms with van der Waals surface area (Å²) in [6.07, 6.45) is 2.84. The second kappa shape index (κ2) is 4.61. The first-order valence-electron chi connectivity index (χ1n) is 4.47. The number of rotatable bonds is 3. The number of halogens is 1. The van der Waals surface area contributed by atoms with Gasteiger partial charge in [0.2, 0.25) is 0 Å². The number of hydrogen-bond acceptors (Lipinski definition) is 1. The van der Waals surface area contributed by atoms with Gasteiger partial charge in [0.05, 0.1) is 5.56 Å². The van der Waals surface area contributed by atoms with Crippen molar-refractivity contribution in [2.75, 3.05) is 0 Å². The molecule has 1 aromatic rings. The molecule has 0 saturated carbocycles. The highest BCUT2D eigenvalue weighted by atomic mass is 19.1. The summed E-state index contributed by atoms with van der Waals surface area (Å²) >= 11 is 0. The molecule has 0 fully saturated rings. The number of unbranched alkanes of at least 4 members (excludes halogenated alkanes) is 1. The Bertz CT molecular complexity index is 325. The molecule has 0 aliphatic heterocycles. The molecule has 1 aromatic carbocycles. The Balaban J connectivity index is 2.93. The first kappa shape index (κ1) is 9.73. The summed E-state index contributed by atoms with van der Waals surface area (Å²) in [5.41, 5.74) is 1.03. The SMILES string of the molecule is CCCCc1cccc(F)c1C#N. The van der Waals surface area contributed by atoms with Crippen molar-refractivity contribution in [1.82, 2.24) is 0 Å². The minimum atomic E-state index is -0.406. The average molecular weight is 177 g/mol. The Labute approximate surface area is 77.8 Å². The molecule has 0 spiro atoms. The van der Waals surface area contributed by atoms with Crippen molar-refractivity contribution in [2.45, 2.75) is 26.2 Å². The van der Waals surface area contributed by atoms with Crippen molar-refractivity contribution in [1.29, 1.82) is 5.26 Å². The molecule has 1 rings (SSSR count). The second-order valence-corrected chi connectivity index (χ2v) is 2.99. The molecule has 0 N–H and O–H groups in total. The monoisotopic (exact) mass is 177 g/mol. The summed E-state index contributed by atoms with van der Waals surface area (Å²) in [4.78, 5) is 0. The molecule has 1 nitrogen and oxygen atoms in total. The average Bonchev–Trinajstić information content (AvgIpc) is 2.15. The van der Waals surface area contributed by atoms with E-state index >= 15 is 0 Å². The summed E-state index contributed by atoms with van der Waals surface area (Å²) in [7, 11) is 0. The maximum Gasteiger partial charge on any atom is 0.141 e. The van der Waals surface area contributed by atoms with Crippen LogP contribution in [-0.2, 0) is 6.42 Å². The Kier molecular flexibility index (Phi) is 3.45. The van der Waals surface area contributed by atoms with Gasteiger partial charge in [0.1, 0.15) is 11.9 Å². The molecule has 0 radical (unpaired) electrons. The summed E-state index contributed by atoms with van der Waals surface area (Å²) in [5.74, 6) is -0.406. The molecule has 0 aromatic heterocycles. The van der Waals surface area contributed by atoms with Crippen LogP contribution in [0.1, 0.15) is 30.9 Å². The highest BCUT2D eigenvalue weighted by Crippen LogP contribution is 2.14. The van der Waals surface area contributed by atoms with Crippen LogP contribution in [0.4, 0.5) is 4.39 Å². The molecule has 0 saturated heterocycles. The van der Waals surface area contributed by atoms with E-state index in [1.165, 1.54) is 6.07 Å². The van der Waals surface area contributed by atoms with Crippen molar-refractivity contribution in [3.63, 3.8) is 0 Å². The van der Waals surface area contributed by atoms with Crippen LogP contribution in [0.5, 0.6) is 0 Å². The fourth-order valence-electron chi connectivity index (χ4n) is 1.27. The zero-order chi connectivity index (χ0) is 9.68. The topological polar surface area (TPSA) is 23.8 Å². The highest BCUT2D eigenvalue weighted by Gasteiger charge is 2.05. The van der Waals surface area contributed by atoms with Gasteiger partial charge in [-0.2, -0.15) is 5.26 Å². The molecule has 0 aliphatic rings. The number of nitrogens with zero attached hydrogens (tertiary/aromatic N) is 1. The van der Waals surface area contributed by atoms with Crippen molar-refractivity contribution in [3.05, 3.63) is 35.1 Å². The van der Waals surface area contributed by atoms with Crippen LogP contribution < -0.4 is 0 Å². The van der Waals surface area contributed by atoms with Gasteiger partial charge in [-0.15, -0.1) is 0 Å². The van der Waals surface area contributed by atoms with Crippen molar-refractivity contribution in [3.8, 4) is 6.07 Å². The molecular weight excluding hydrogens is 165 g/mol. The lowest BCUT2D eigenvalue weighted by molar-refractivity contribution is 0.620. The van der Waals surface area contributed by atoms with Crippen LogP contribution in [0, 0.1) is 17.1 Å². The fraction of sp³-hybridized carbons (Fsp3) is 0.364. The predicted octanol–water partition coefficient (Wildman–Crippen LogP) is 3.04. The van der Waals surface area contributed by atoms with E-state index in [9.17, 15) is 4.39 Å². The van der Waals surface area contributed by atoms with Crippen LogP contribution >= 0.6 is 0 Å². The standard InChI is InChI=1S/C11H12FN/c1-2-3-5-9-6-4-7-11(12)10(9)8-13/h4,6-7H,2-3,5H2,1H3. The van der Waals surface area contributed by atoms with Crippen LogP contribution in [-0.4, -0.2) is 0 Å². The minimum absolute atomic E-state index is 0.205. The maximum absolute atomic E-state index is 13.1. The first-order valence-corrected chi connectivity index (χ1v) is 4.47. The third-order valence-electron chi connectivity index (χ3n) is 2.01. The van der Waals surface area contributed by atoms with E-state index in [0.717, 1.165) is 24.8 Å². The second-order valence-electron chi connectivity index (χ2n) is 2.99. The zero-order valence-electron chi connectivity index (χ0n) is 7.68. The third kappa shape index (κ3) is 2.29.